The van der Waals surface area contributed by atoms with E-state index < -0.39 is 27.9 Å². The number of hydrogen-bond donors (Lipinski definition) is 3. The van der Waals surface area contributed by atoms with E-state index in [1.54, 1.807) is 31.5 Å². The highest BCUT2D eigenvalue weighted by Gasteiger charge is 2.42. The Hall–Kier alpha value is -5.42. The molecular weight excluding hydrogens is 629 g/mol. The molecule has 0 atom stereocenters. The van der Waals surface area contributed by atoms with Crippen LogP contribution in [0.15, 0.2) is 79.0 Å². The van der Waals surface area contributed by atoms with Crippen LogP contribution in [0.25, 0.3) is 11.0 Å². The Balaban J connectivity index is 1.24. The molecule has 2 heterocycles. The summed E-state index contributed by atoms with van der Waals surface area (Å²) in [6.07, 6.45) is -3.76. The van der Waals surface area contributed by atoms with Crippen LogP contribution in [0.4, 0.5) is 47.9 Å². The van der Waals surface area contributed by atoms with Crippen LogP contribution in [-0.2, 0) is 32.5 Å². The van der Waals surface area contributed by atoms with E-state index in [2.05, 4.69) is 25.4 Å². The van der Waals surface area contributed by atoms with Gasteiger partial charge in [-0.3, -0.25) is 0 Å². The topological polar surface area (TPSA) is 153 Å². The summed E-state index contributed by atoms with van der Waals surface area (Å²) in [5.74, 6) is -1.15. The fourth-order valence-electron chi connectivity index (χ4n) is 4.26. The Morgan fingerprint density at radius 2 is 1.63 bits per heavy atom. The van der Waals surface area contributed by atoms with Crippen molar-refractivity contribution in [3.63, 3.8) is 0 Å². The highest BCUT2D eigenvalue weighted by Crippen LogP contribution is 2.29. The van der Waals surface area contributed by atoms with E-state index in [0.717, 1.165) is 28.2 Å². The van der Waals surface area contributed by atoms with Gasteiger partial charge in [-0.05, 0) is 71.1 Å². The molecule has 0 aliphatic carbocycles. The summed E-state index contributed by atoms with van der Waals surface area (Å²) in [5.41, 5.74) is 4.12. The van der Waals surface area contributed by atoms with Crippen LogP contribution in [0.3, 0.4) is 0 Å². The van der Waals surface area contributed by atoms with Crippen molar-refractivity contribution in [3.05, 3.63) is 84.6 Å². The molecule has 2 aromatic heterocycles. The molecule has 0 saturated heterocycles. The third-order valence-electron chi connectivity index (χ3n) is 6.64. The van der Waals surface area contributed by atoms with Crippen molar-refractivity contribution < 1.29 is 36.0 Å². The van der Waals surface area contributed by atoms with E-state index in [4.69, 9.17) is 9.72 Å². The van der Waals surface area contributed by atoms with Crippen LogP contribution in [0.5, 0.6) is 5.75 Å². The number of nitrogens with zero attached hydrogens (tertiary/aromatic N) is 5. The smallest absolute Gasteiger partial charge is 0.492 e. The highest BCUT2D eigenvalue weighted by atomic mass is 32.2. The number of carbonyl (C=O) groups is 1. The van der Waals surface area contributed by atoms with Crippen LogP contribution in [0.2, 0.25) is 0 Å². The number of rotatable bonds is 11. The largest absolute Gasteiger partial charge is 0.497 e. The van der Waals surface area contributed by atoms with Crippen molar-refractivity contribution in [2.24, 2.45) is 7.05 Å². The minimum atomic E-state index is -5.34. The van der Waals surface area contributed by atoms with Crippen LogP contribution >= 0.6 is 0 Å². The van der Waals surface area contributed by atoms with Gasteiger partial charge in [0.25, 0.3) is 0 Å². The number of anilines is 6. The number of methoxy groups -OCH3 is 1. The number of aryl methyl sites for hydroxylation is 1. The summed E-state index contributed by atoms with van der Waals surface area (Å²) in [6.45, 7) is 0. The van der Waals surface area contributed by atoms with Gasteiger partial charge >= 0.3 is 12.1 Å². The molecule has 13 nitrogen and oxygen atoms in total. The lowest BCUT2D eigenvalue weighted by molar-refractivity contribution is -0.203. The summed E-state index contributed by atoms with van der Waals surface area (Å²) in [5, 5.41) is 6.35. The molecular formula is C29H27F3N8O5S. The van der Waals surface area contributed by atoms with Crippen LogP contribution < -0.4 is 25.2 Å². The minimum Gasteiger partial charge on any atom is -0.497 e. The predicted octanol–water partition coefficient (Wildman–Crippen LogP) is 5.07. The van der Waals surface area contributed by atoms with Crippen molar-refractivity contribution in [1.82, 2.24) is 24.4 Å². The first-order valence-electron chi connectivity index (χ1n) is 13.4. The Bertz CT molecular complexity index is 1970. The minimum absolute atomic E-state index is 0.225. The van der Waals surface area contributed by atoms with Crippen molar-refractivity contribution in [3.8, 4) is 5.75 Å². The van der Waals surface area contributed by atoms with Gasteiger partial charge in [0.1, 0.15) is 11.6 Å². The van der Waals surface area contributed by atoms with Gasteiger partial charge in [0.05, 0.1) is 23.9 Å². The number of aromatic nitrogens is 4. The van der Waals surface area contributed by atoms with Gasteiger partial charge < -0.3 is 29.7 Å². The number of ether oxygens (including phenoxy) is 1. The fraction of sp³-hybridized carbons (Fsp3) is 0.172. The number of sulfonamides is 1. The fourth-order valence-corrected chi connectivity index (χ4v) is 5.15. The van der Waals surface area contributed by atoms with E-state index in [1.807, 2.05) is 66.0 Å². The van der Waals surface area contributed by atoms with Crippen molar-refractivity contribution in [1.29, 1.82) is 0 Å². The first-order chi connectivity index (χ1) is 21.8. The number of nitrogens with one attached hydrogen (secondary N) is 3. The maximum atomic E-state index is 12.2. The SMILES string of the molecule is COc1ccc(Nc2nc3cc(N(C)c4ccnc(Nc5ccc(CS(=O)(=O)NOC(=O)C(F)(F)F)cc5)n4)ccc3n2C)cc1. The lowest BCUT2D eigenvalue weighted by atomic mass is 10.2. The average Bonchev–Trinajstić information content (AvgIpc) is 3.34. The zero-order chi connectivity index (χ0) is 33.1. The van der Waals surface area contributed by atoms with Gasteiger partial charge in [-0.25, -0.2) is 23.2 Å². The van der Waals surface area contributed by atoms with Crippen molar-refractivity contribution in [2.75, 3.05) is 29.7 Å². The summed E-state index contributed by atoms with van der Waals surface area (Å²) >= 11 is 0. The standard InChI is InChI=1S/C29H27F3N8O5S/c1-39(21-10-13-24-23(16-21)36-28(40(24)2)35-20-8-11-22(44-3)12-9-20)25-14-15-33-27(37-25)34-19-6-4-18(5-7-19)17-46(42,43)38-45-26(41)29(30,31)32/h4-16,38H,17H2,1-3H3,(H,35,36)(H,33,34,37). The lowest BCUT2D eigenvalue weighted by Gasteiger charge is -2.19. The average molecular weight is 657 g/mol. The van der Waals surface area contributed by atoms with Crippen LogP contribution in [0.1, 0.15) is 5.56 Å². The maximum Gasteiger partial charge on any atom is 0.492 e. The molecule has 240 valence electrons. The molecule has 46 heavy (non-hydrogen) atoms. The molecule has 0 spiro atoms. The monoisotopic (exact) mass is 656 g/mol. The zero-order valence-corrected chi connectivity index (χ0v) is 25.3. The van der Waals surface area contributed by atoms with Gasteiger partial charge in [-0.1, -0.05) is 12.1 Å². The highest BCUT2D eigenvalue weighted by molar-refractivity contribution is 7.88. The molecule has 17 heteroatoms. The second kappa shape index (κ2) is 12.9. The molecule has 3 N–H and O–H groups in total. The molecule has 0 unspecified atom stereocenters. The summed E-state index contributed by atoms with van der Waals surface area (Å²) < 4.78 is 67.9. The van der Waals surface area contributed by atoms with E-state index >= 15 is 0 Å². The predicted molar refractivity (Wildman–Crippen MR) is 165 cm³/mol. The first kappa shape index (κ1) is 32.0. The van der Waals surface area contributed by atoms with E-state index in [1.165, 1.54) is 17.0 Å². The summed E-state index contributed by atoms with van der Waals surface area (Å²) in [7, 11) is 0.990. The summed E-state index contributed by atoms with van der Waals surface area (Å²) in [6, 6.07) is 21.1. The van der Waals surface area contributed by atoms with Crippen LogP contribution in [0, 0.1) is 0 Å². The molecule has 0 amide bonds. The molecule has 0 aliphatic rings. The van der Waals surface area contributed by atoms with Gasteiger partial charge in [-0.2, -0.15) is 18.2 Å². The Labute approximate surface area is 261 Å². The molecule has 0 saturated carbocycles. The van der Waals surface area contributed by atoms with Gasteiger partial charge in [0.2, 0.25) is 21.9 Å². The number of imidazole rings is 1. The molecule has 3 aromatic carbocycles. The van der Waals surface area contributed by atoms with E-state index in [-0.39, 0.29) is 11.5 Å². The molecule has 0 radical (unpaired) electrons. The van der Waals surface area contributed by atoms with Crippen LogP contribution in [-0.4, -0.2) is 54.2 Å². The number of benzene rings is 3. The second-order valence-electron chi connectivity index (χ2n) is 9.87. The van der Waals surface area contributed by atoms with Gasteiger partial charge in [-0.15, -0.1) is 0 Å². The Morgan fingerprint density at radius 1 is 0.957 bits per heavy atom. The number of alkyl halides is 3. The van der Waals surface area contributed by atoms with Gasteiger partial charge in [0, 0.05) is 37.4 Å². The number of fused-ring (bicyclic) bond motifs is 1. The zero-order valence-electron chi connectivity index (χ0n) is 24.5. The van der Waals surface area contributed by atoms with Crippen molar-refractivity contribution in [2.45, 2.75) is 11.9 Å². The quantitative estimate of drug-likeness (QED) is 0.164. The first-order valence-corrected chi connectivity index (χ1v) is 15.0. The molecule has 0 bridgehead atoms. The Morgan fingerprint density at radius 3 is 2.30 bits per heavy atom. The third kappa shape index (κ3) is 7.62. The molecule has 0 fully saturated rings. The number of carbonyl (C=O) groups excluding carboxylic acids is 1. The number of hydrogen-bond acceptors (Lipinski definition) is 11. The number of halogens is 3. The molecule has 5 rings (SSSR count). The van der Waals surface area contributed by atoms with E-state index in [0.29, 0.717) is 17.5 Å². The lowest BCUT2D eigenvalue weighted by Crippen LogP contribution is -2.35. The molecule has 0 aliphatic heterocycles. The summed E-state index contributed by atoms with van der Waals surface area (Å²) in [4.78, 5) is 31.0. The van der Waals surface area contributed by atoms with E-state index in [9.17, 15) is 26.4 Å². The normalized spacial score (nSPS) is 11.7. The van der Waals surface area contributed by atoms with Crippen molar-refractivity contribution >= 4 is 61.8 Å². The third-order valence-corrected chi connectivity index (χ3v) is 7.69. The Kier molecular flexibility index (Phi) is 8.97. The molecule has 5 aromatic rings. The maximum absolute atomic E-state index is 12.2. The second-order valence-corrected chi connectivity index (χ2v) is 11.6. The van der Waals surface area contributed by atoms with Gasteiger partial charge in [0.15, 0.2) is 0 Å².